The monoisotopic (exact) mass is 228 g/mol. The molecule has 3 heteroatoms. The van der Waals surface area contributed by atoms with Crippen LogP contribution in [-0.4, -0.2) is 49.8 Å². The van der Waals surface area contributed by atoms with E-state index in [4.69, 9.17) is 4.74 Å². The van der Waals surface area contributed by atoms with Gasteiger partial charge in [0.15, 0.2) is 0 Å². The van der Waals surface area contributed by atoms with Crippen molar-refractivity contribution in [3.05, 3.63) is 0 Å². The van der Waals surface area contributed by atoms with Crippen LogP contribution >= 0.6 is 0 Å². The summed E-state index contributed by atoms with van der Waals surface area (Å²) >= 11 is 0. The number of ether oxygens (including phenoxy) is 1. The number of hydrogen-bond acceptors (Lipinski definition) is 3. The van der Waals surface area contributed by atoms with Crippen molar-refractivity contribution < 1.29 is 4.74 Å². The molecule has 0 bridgehead atoms. The minimum Gasteiger partial charge on any atom is -0.377 e. The lowest BCUT2D eigenvalue weighted by molar-refractivity contribution is 0.0790. The van der Waals surface area contributed by atoms with Crippen LogP contribution in [0, 0.1) is 0 Å². The van der Waals surface area contributed by atoms with Crippen molar-refractivity contribution in [2.45, 2.75) is 52.2 Å². The fourth-order valence-electron chi connectivity index (χ4n) is 2.23. The lowest BCUT2D eigenvalue weighted by Crippen LogP contribution is -2.33. The average molecular weight is 228 g/mol. The van der Waals surface area contributed by atoms with Gasteiger partial charge in [0.25, 0.3) is 0 Å². The van der Waals surface area contributed by atoms with Crippen molar-refractivity contribution in [3.8, 4) is 0 Å². The quantitative estimate of drug-likeness (QED) is 0.703. The van der Waals surface area contributed by atoms with Gasteiger partial charge in [0.2, 0.25) is 0 Å². The first-order valence-electron chi connectivity index (χ1n) is 6.79. The zero-order valence-corrected chi connectivity index (χ0v) is 11.2. The van der Waals surface area contributed by atoms with E-state index in [1.54, 1.807) is 0 Å². The zero-order chi connectivity index (χ0) is 11.8. The van der Waals surface area contributed by atoms with Crippen LogP contribution in [0.1, 0.15) is 40.0 Å². The van der Waals surface area contributed by atoms with E-state index in [9.17, 15) is 0 Å². The summed E-state index contributed by atoms with van der Waals surface area (Å²) in [5.74, 6) is 0. The molecular formula is C13H28N2O. The van der Waals surface area contributed by atoms with Gasteiger partial charge >= 0.3 is 0 Å². The Bertz CT molecular complexity index is 173. The summed E-state index contributed by atoms with van der Waals surface area (Å²) in [6, 6.07) is 0.701. The molecule has 0 saturated carbocycles. The van der Waals surface area contributed by atoms with Crippen LogP contribution < -0.4 is 5.32 Å². The van der Waals surface area contributed by atoms with Gasteiger partial charge in [0.1, 0.15) is 0 Å². The molecule has 16 heavy (non-hydrogen) atoms. The standard InChI is InChI=1S/C13H28N2O/c1-4-15-9-5-6-13(7-10-15)14-8-11-16-12(2)3/h12-14H,4-11H2,1-3H3. The van der Waals surface area contributed by atoms with E-state index in [1.165, 1.54) is 38.9 Å². The molecule has 1 aliphatic rings. The van der Waals surface area contributed by atoms with Crippen molar-refractivity contribution in [2.24, 2.45) is 0 Å². The second-order valence-electron chi connectivity index (χ2n) is 4.94. The summed E-state index contributed by atoms with van der Waals surface area (Å²) in [6.45, 7) is 12.0. The Morgan fingerprint density at radius 1 is 1.31 bits per heavy atom. The molecule has 1 N–H and O–H groups in total. The van der Waals surface area contributed by atoms with Crippen LogP contribution in [0.5, 0.6) is 0 Å². The van der Waals surface area contributed by atoms with E-state index in [1.807, 2.05) is 0 Å². The highest BCUT2D eigenvalue weighted by Gasteiger charge is 2.14. The molecule has 0 aromatic carbocycles. The molecule has 0 aromatic rings. The van der Waals surface area contributed by atoms with Crippen LogP contribution in [-0.2, 0) is 4.74 Å². The summed E-state index contributed by atoms with van der Waals surface area (Å²) in [4.78, 5) is 2.55. The normalized spacial score (nSPS) is 23.6. The van der Waals surface area contributed by atoms with Gasteiger partial charge in [-0.25, -0.2) is 0 Å². The molecule has 0 spiro atoms. The molecule has 0 aliphatic carbocycles. The maximum Gasteiger partial charge on any atom is 0.0594 e. The number of likely N-dealkylation sites (tertiary alicyclic amines) is 1. The highest BCUT2D eigenvalue weighted by Crippen LogP contribution is 2.10. The molecule has 1 aliphatic heterocycles. The summed E-state index contributed by atoms with van der Waals surface area (Å²) in [6.07, 6.45) is 4.29. The second-order valence-corrected chi connectivity index (χ2v) is 4.94. The first-order valence-corrected chi connectivity index (χ1v) is 6.79. The van der Waals surface area contributed by atoms with Crippen LogP contribution in [0.4, 0.5) is 0 Å². The van der Waals surface area contributed by atoms with Gasteiger partial charge in [0.05, 0.1) is 12.7 Å². The highest BCUT2D eigenvalue weighted by atomic mass is 16.5. The lowest BCUT2D eigenvalue weighted by Gasteiger charge is -2.18. The number of hydrogen-bond donors (Lipinski definition) is 1. The summed E-state index contributed by atoms with van der Waals surface area (Å²) in [7, 11) is 0. The van der Waals surface area contributed by atoms with Crippen LogP contribution in [0.2, 0.25) is 0 Å². The molecule has 3 nitrogen and oxygen atoms in total. The Morgan fingerprint density at radius 3 is 2.81 bits per heavy atom. The molecule has 0 amide bonds. The van der Waals surface area contributed by atoms with Crippen LogP contribution in [0.25, 0.3) is 0 Å². The molecule has 1 saturated heterocycles. The molecular weight excluding hydrogens is 200 g/mol. The number of nitrogens with one attached hydrogen (secondary N) is 1. The lowest BCUT2D eigenvalue weighted by atomic mass is 10.1. The topological polar surface area (TPSA) is 24.5 Å². The van der Waals surface area contributed by atoms with E-state index < -0.39 is 0 Å². The summed E-state index contributed by atoms with van der Waals surface area (Å²) < 4.78 is 5.53. The third-order valence-electron chi connectivity index (χ3n) is 3.25. The van der Waals surface area contributed by atoms with Crippen molar-refractivity contribution in [1.29, 1.82) is 0 Å². The molecule has 0 radical (unpaired) electrons. The molecule has 96 valence electrons. The predicted octanol–water partition coefficient (Wildman–Crippen LogP) is 1.88. The van der Waals surface area contributed by atoms with Gasteiger partial charge in [-0.1, -0.05) is 6.92 Å². The van der Waals surface area contributed by atoms with Crippen molar-refractivity contribution >= 4 is 0 Å². The van der Waals surface area contributed by atoms with E-state index in [-0.39, 0.29) is 0 Å². The smallest absolute Gasteiger partial charge is 0.0594 e. The zero-order valence-electron chi connectivity index (χ0n) is 11.2. The Kier molecular flexibility index (Phi) is 7.01. The molecule has 1 atom stereocenters. The minimum atomic E-state index is 0.353. The van der Waals surface area contributed by atoms with Crippen molar-refractivity contribution in [1.82, 2.24) is 10.2 Å². The van der Waals surface area contributed by atoms with Gasteiger partial charge in [0, 0.05) is 12.6 Å². The second kappa shape index (κ2) is 8.04. The van der Waals surface area contributed by atoms with Gasteiger partial charge < -0.3 is 15.0 Å². The maximum atomic E-state index is 5.53. The minimum absolute atomic E-state index is 0.353. The largest absolute Gasteiger partial charge is 0.377 e. The molecule has 1 rings (SSSR count). The highest BCUT2D eigenvalue weighted by molar-refractivity contribution is 4.74. The Morgan fingerprint density at radius 2 is 2.12 bits per heavy atom. The number of rotatable bonds is 6. The van der Waals surface area contributed by atoms with E-state index in [0.29, 0.717) is 12.1 Å². The number of nitrogens with zero attached hydrogens (tertiary/aromatic N) is 1. The maximum absolute atomic E-state index is 5.53. The average Bonchev–Trinajstić information content (AvgIpc) is 2.49. The van der Waals surface area contributed by atoms with E-state index in [0.717, 1.165) is 13.2 Å². The first kappa shape index (κ1) is 13.9. The molecule has 1 unspecified atom stereocenters. The van der Waals surface area contributed by atoms with Crippen LogP contribution in [0.15, 0.2) is 0 Å². The van der Waals surface area contributed by atoms with E-state index >= 15 is 0 Å². The summed E-state index contributed by atoms with van der Waals surface area (Å²) in [5.41, 5.74) is 0. The fourth-order valence-corrected chi connectivity index (χ4v) is 2.23. The Labute approximate surface area is 101 Å². The SMILES string of the molecule is CCN1CCCC(NCCOC(C)C)CC1. The molecule has 1 heterocycles. The first-order chi connectivity index (χ1) is 7.72. The fraction of sp³-hybridized carbons (Fsp3) is 1.00. The summed E-state index contributed by atoms with van der Waals surface area (Å²) in [5, 5.41) is 3.61. The van der Waals surface area contributed by atoms with Crippen molar-refractivity contribution in [3.63, 3.8) is 0 Å². The van der Waals surface area contributed by atoms with E-state index in [2.05, 4.69) is 31.0 Å². The van der Waals surface area contributed by atoms with Gasteiger partial charge in [-0.15, -0.1) is 0 Å². The molecule has 0 aromatic heterocycles. The Balaban J connectivity index is 2.08. The van der Waals surface area contributed by atoms with Crippen molar-refractivity contribution in [2.75, 3.05) is 32.8 Å². The van der Waals surface area contributed by atoms with Gasteiger partial charge in [-0.2, -0.15) is 0 Å². The Hall–Kier alpha value is -0.120. The predicted molar refractivity (Wildman–Crippen MR) is 68.8 cm³/mol. The van der Waals surface area contributed by atoms with Crippen LogP contribution in [0.3, 0.4) is 0 Å². The van der Waals surface area contributed by atoms with Gasteiger partial charge in [-0.05, 0) is 52.7 Å². The molecule has 1 fully saturated rings. The third-order valence-corrected chi connectivity index (χ3v) is 3.25. The van der Waals surface area contributed by atoms with Gasteiger partial charge in [-0.3, -0.25) is 0 Å². The third kappa shape index (κ3) is 5.83.